The minimum absolute atomic E-state index is 0.0707. The number of amides is 2. The van der Waals surface area contributed by atoms with Gasteiger partial charge in [-0.25, -0.2) is 0 Å². The third-order valence-electron chi connectivity index (χ3n) is 3.81. The molecule has 25 heavy (non-hydrogen) atoms. The maximum atomic E-state index is 12.1. The van der Waals surface area contributed by atoms with Gasteiger partial charge in [-0.2, -0.15) is 0 Å². The average Bonchev–Trinajstić information content (AvgIpc) is 2.59. The summed E-state index contributed by atoms with van der Waals surface area (Å²) in [5.74, 6) is 0.204. The lowest BCUT2D eigenvalue weighted by Gasteiger charge is -2.13. The highest BCUT2D eigenvalue weighted by Crippen LogP contribution is 2.18. The van der Waals surface area contributed by atoms with E-state index in [2.05, 4.69) is 24.5 Å². The molecule has 5 heteroatoms. The van der Waals surface area contributed by atoms with Crippen molar-refractivity contribution in [1.29, 1.82) is 0 Å². The summed E-state index contributed by atoms with van der Waals surface area (Å²) >= 11 is 0. The van der Waals surface area contributed by atoms with Crippen LogP contribution in [-0.4, -0.2) is 37.4 Å². The zero-order chi connectivity index (χ0) is 18.4. The molecule has 0 saturated heterocycles. The Hall–Kier alpha value is -2.82. The summed E-state index contributed by atoms with van der Waals surface area (Å²) in [5, 5.41) is 5.94. The summed E-state index contributed by atoms with van der Waals surface area (Å²) in [5.41, 5.74) is 3.29. The van der Waals surface area contributed by atoms with Crippen molar-refractivity contribution in [2.45, 2.75) is 19.8 Å². The lowest BCUT2D eigenvalue weighted by molar-refractivity contribution is -0.114. The molecular formula is C20H25N3O2. The highest BCUT2D eigenvalue weighted by Gasteiger charge is 2.09. The highest BCUT2D eigenvalue weighted by atomic mass is 16.2. The van der Waals surface area contributed by atoms with E-state index in [1.54, 1.807) is 32.3 Å². The maximum absolute atomic E-state index is 12.1. The monoisotopic (exact) mass is 339 g/mol. The van der Waals surface area contributed by atoms with Crippen molar-refractivity contribution in [1.82, 2.24) is 4.90 Å². The standard InChI is InChI=1S/C20H25N3O2/c1-14(2)15-7-5-10-18(11-15)22-19(24)13-21-17-9-6-8-16(12-17)20(25)23(3)4/h5-12,14,21H,13H2,1-4H3,(H,22,24). The van der Waals surface area contributed by atoms with Crippen LogP contribution in [0.25, 0.3) is 0 Å². The second-order valence-corrected chi connectivity index (χ2v) is 6.46. The molecular weight excluding hydrogens is 314 g/mol. The topological polar surface area (TPSA) is 61.4 Å². The zero-order valence-corrected chi connectivity index (χ0v) is 15.2. The van der Waals surface area contributed by atoms with Gasteiger partial charge in [0.25, 0.3) is 5.91 Å². The molecule has 0 saturated carbocycles. The number of benzene rings is 2. The van der Waals surface area contributed by atoms with Crippen molar-refractivity contribution in [3.05, 3.63) is 59.7 Å². The lowest BCUT2D eigenvalue weighted by atomic mass is 10.0. The van der Waals surface area contributed by atoms with E-state index < -0.39 is 0 Å². The molecule has 0 spiro atoms. The van der Waals surface area contributed by atoms with Crippen LogP contribution in [0.2, 0.25) is 0 Å². The van der Waals surface area contributed by atoms with Gasteiger partial charge in [0.1, 0.15) is 0 Å². The average molecular weight is 339 g/mol. The summed E-state index contributed by atoms with van der Waals surface area (Å²) in [4.78, 5) is 25.6. The summed E-state index contributed by atoms with van der Waals surface area (Å²) in [6, 6.07) is 15.0. The van der Waals surface area contributed by atoms with Crippen molar-refractivity contribution < 1.29 is 9.59 Å². The normalized spacial score (nSPS) is 10.4. The summed E-state index contributed by atoms with van der Waals surface area (Å²) in [6.07, 6.45) is 0. The largest absolute Gasteiger partial charge is 0.376 e. The predicted molar refractivity (Wildman–Crippen MR) is 102 cm³/mol. The van der Waals surface area contributed by atoms with Crippen molar-refractivity contribution in [2.75, 3.05) is 31.3 Å². The second-order valence-electron chi connectivity index (χ2n) is 6.46. The maximum Gasteiger partial charge on any atom is 0.253 e. The number of nitrogens with one attached hydrogen (secondary N) is 2. The SMILES string of the molecule is CC(C)c1cccc(NC(=O)CNc2cccc(C(=O)N(C)C)c2)c1. The molecule has 2 aromatic rings. The molecule has 0 aromatic heterocycles. The van der Waals surface area contributed by atoms with E-state index in [0.29, 0.717) is 11.5 Å². The quantitative estimate of drug-likeness (QED) is 0.846. The molecule has 0 bridgehead atoms. The van der Waals surface area contributed by atoms with Gasteiger partial charge in [0.2, 0.25) is 5.91 Å². The van der Waals surface area contributed by atoms with E-state index >= 15 is 0 Å². The Bertz CT molecular complexity index is 754. The minimum atomic E-state index is -0.134. The minimum Gasteiger partial charge on any atom is -0.376 e. The first-order chi connectivity index (χ1) is 11.9. The van der Waals surface area contributed by atoms with Crippen LogP contribution in [0.5, 0.6) is 0 Å². The molecule has 0 unspecified atom stereocenters. The molecule has 2 N–H and O–H groups in total. The number of rotatable bonds is 6. The third-order valence-corrected chi connectivity index (χ3v) is 3.81. The molecule has 0 radical (unpaired) electrons. The van der Waals surface area contributed by atoms with Crippen LogP contribution in [0.3, 0.4) is 0 Å². The Morgan fingerprint density at radius 1 is 1.00 bits per heavy atom. The van der Waals surface area contributed by atoms with E-state index in [0.717, 1.165) is 11.4 Å². The number of nitrogens with zero attached hydrogens (tertiary/aromatic N) is 1. The predicted octanol–water partition coefficient (Wildman–Crippen LogP) is 3.56. The molecule has 0 heterocycles. The first-order valence-electron chi connectivity index (χ1n) is 8.32. The van der Waals surface area contributed by atoms with Gasteiger partial charge in [0.05, 0.1) is 6.54 Å². The van der Waals surface area contributed by atoms with Crippen LogP contribution in [0.4, 0.5) is 11.4 Å². The van der Waals surface area contributed by atoms with Crippen LogP contribution in [-0.2, 0) is 4.79 Å². The molecule has 132 valence electrons. The van der Waals surface area contributed by atoms with Gasteiger partial charge in [-0.3, -0.25) is 9.59 Å². The first kappa shape index (κ1) is 18.5. The fraction of sp³-hybridized carbons (Fsp3) is 0.300. The van der Waals surface area contributed by atoms with Crippen molar-refractivity contribution >= 4 is 23.2 Å². The Kier molecular flexibility index (Phi) is 6.17. The number of anilines is 2. The first-order valence-corrected chi connectivity index (χ1v) is 8.32. The Morgan fingerprint density at radius 2 is 1.68 bits per heavy atom. The second kappa shape index (κ2) is 8.33. The number of hydrogen-bond donors (Lipinski definition) is 2. The van der Waals surface area contributed by atoms with Gasteiger partial charge in [0.15, 0.2) is 0 Å². The van der Waals surface area contributed by atoms with Gasteiger partial charge in [0, 0.05) is 31.0 Å². The fourth-order valence-corrected chi connectivity index (χ4v) is 2.38. The van der Waals surface area contributed by atoms with E-state index in [1.165, 1.54) is 10.5 Å². The van der Waals surface area contributed by atoms with Crippen molar-refractivity contribution in [3.63, 3.8) is 0 Å². The zero-order valence-electron chi connectivity index (χ0n) is 15.2. The molecule has 5 nitrogen and oxygen atoms in total. The summed E-state index contributed by atoms with van der Waals surface area (Å²) in [7, 11) is 3.42. The van der Waals surface area contributed by atoms with Crippen LogP contribution in [0.1, 0.15) is 35.7 Å². The number of carbonyl (C=O) groups is 2. The van der Waals surface area contributed by atoms with Crippen molar-refractivity contribution in [3.8, 4) is 0 Å². The van der Waals surface area contributed by atoms with E-state index in [9.17, 15) is 9.59 Å². The van der Waals surface area contributed by atoms with Gasteiger partial charge in [-0.05, 0) is 41.8 Å². The lowest BCUT2D eigenvalue weighted by Crippen LogP contribution is -2.23. The van der Waals surface area contributed by atoms with Crippen LogP contribution in [0, 0.1) is 0 Å². The molecule has 0 atom stereocenters. The molecule has 0 fully saturated rings. The molecule has 0 aliphatic carbocycles. The Balaban J connectivity index is 1.95. The van der Waals surface area contributed by atoms with E-state index in [4.69, 9.17) is 0 Å². The van der Waals surface area contributed by atoms with E-state index in [-0.39, 0.29) is 18.4 Å². The smallest absolute Gasteiger partial charge is 0.253 e. The van der Waals surface area contributed by atoms with Crippen LogP contribution in [0.15, 0.2) is 48.5 Å². The molecule has 2 aromatic carbocycles. The number of hydrogen-bond acceptors (Lipinski definition) is 3. The summed E-state index contributed by atoms with van der Waals surface area (Å²) < 4.78 is 0. The molecule has 0 aliphatic rings. The van der Waals surface area contributed by atoms with Gasteiger partial charge in [-0.1, -0.05) is 32.0 Å². The fourth-order valence-electron chi connectivity index (χ4n) is 2.38. The van der Waals surface area contributed by atoms with E-state index in [1.807, 2.05) is 30.3 Å². The van der Waals surface area contributed by atoms with Gasteiger partial charge in [-0.15, -0.1) is 0 Å². The van der Waals surface area contributed by atoms with Crippen molar-refractivity contribution in [2.24, 2.45) is 0 Å². The highest BCUT2D eigenvalue weighted by molar-refractivity contribution is 5.96. The molecule has 2 rings (SSSR count). The molecule has 0 aliphatic heterocycles. The Labute approximate surface area is 149 Å². The van der Waals surface area contributed by atoms with Crippen LogP contribution < -0.4 is 10.6 Å². The third kappa shape index (κ3) is 5.35. The Morgan fingerprint density at radius 3 is 2.36 bits per heavy atom. The van der Waals surface area contributed by atoms with Crippen LogP contribution >= 0.6 is 0 Å². The van der Waals surface area contributed by atoms with Gasteiger partial charge < -0.3 is 15.5 Å². The number of carbonyl (C=O) groups excluding carboxylic acids is 2. The van der Waals surface area contributed by atoms with Gasteiger partial charge >= 0.3 is 0 Å². The molecule has 2 amide bonds. The summed E-state index contributed by atoms with van der Waals surface area (Å²) in [6.45, 7) is 4.36.